The minimum Gasteiger partial charge on any atom is -0.679 e. The third-order valence-corrected chi connectivity index (χ3v) is 0.250. The van der Waals surface area contributed by atoms with E-state index in [1.54, 1.807) is 0 Å². The molecule has 0 atom stereocenters. The van der Waals surface area contributed by atoms with Gasteiger partial charge in [-0.2, -0.15) is 26.2 Å². The molecule has 0 aliphatic heterocycles. The zero-order valence-corrected chi connectivity index (χ0v) is 14.9. The first-order chi connectivity index (χ1) is 7.83. The van der Waals surface area contributed by atoms with Crippen LogP contribution in [0.5, 0.6) is 0 Å². The van der Waals surface area contributed by atoms with E-state index in [2.05, 4.69) is 0 Å². The van der Waals surface area contributed by atoms with Crippen LogP contribution in [0.15, 0.2) is 0 Å². The maximum atomic E-state index is 6.26. The van der Waals surface area contributed by atoms with Gasteiger partial charge in [0.2, 0.25) is 0 Å². The molecule has 120 valence electrons. The first-order valence-corrected chi connectivity index (χ1v) is 3.31. The summed E-state index contributed by atoms with van der Waals surface area (Å²) in [4.78, 5) is 0. The summed E-state index contributed by atoms with van der Waals surface area (Å²) in [5.74, 6) is 0. The fourth-order valence-corrected chi connectivity index (χ4v) is 0. The van der Waals surface area contributed by atoms with Crippen LogP contribution in [-0.2, 0) is 61.3 Å². The Kier molecular flexibility index (Phi) is 1150. The van der Waals surface area contributed by atoms with Gasteiger partial charge in [-0.3, -0.25) is 0 Å². The molecule has 0 spiro atoms. The van der Waals surface area contributed by atoms with Gasteiger partial charge in [0.15, 0.2) is 0 Å². The van der Waals surface area contributed by atoms with Crippen molar-refractivity contribution in [1.29, 1.82) is 21.0 Å². The maximum absolute atomic E-state index is 6.26. The van der Waals surface area contributed by atoms with E-state index in [1.807, 2.05) is 0 Å². The fraction of sp³-hybridized carbons (Fsp3) is 0.500. The van der Waals surface area contributed by atoms with Gasteiger partial charge in [0.25, 0.3) is 0 Å². The summed E-state index contributed by atoms with van der Waals surface area (Å²) < 4.78 is 0. The van der Waals surface area contributed by atoms with Crippen LogP contribution in [0.3, 0.4) is 0 Å². The molecule has 0 saturated carbocycles. The zero-order valence-electron chi connectivity index (χ0n) is 9.54. The van der Waals surface area contributed by atoms with Gasteiger partial charge in [-0.15, -0.1) is 0 Å². The van der Waals surface area contributed by atoms with Crippen LogP contribution >= 0.6 is 0 Å². The van der Waals surface area contributed by atoms with Gasteiger partial charge in [0, 0.05) is 0 Å². The van der Waals surface area contributed by atoms with E-state index in [0.717, 1.165) is 0 Å². The Bertz CT molecular complexity index is 108. The van der Waals surface area contributed by atoms with Crippen molar-refractivity contribution >= 4 is 0 Å². The van der Waals surface area contributed by atoms with Crippen molar-refractivity contribution < 1.29 is 61.3 Å². The molecule has 0 saturated heterocycles. The Labute approximate surface area is 157 Å². The predicted molar refractivity (Wildman–Crippen MR) is 56.6 cm³/mol. The van der Waals surface area contributed by atoms with E-state index >= 15 is 0 Å². The SMILES string of the molecule is [Au+].[Au+].[C-]#N.[C-]#N.[C-]#N.[C-]#N.[NH-]CC[NH-].[NH-]CC[NH-].[Ni+2]. The minimum absolute atomic E-state index is 0. The third kappa shape index (κ3) is 1410. The van der Waals surface area contributed by atoms with Gasteiger partial charge in [0.1, 0.15) is 0 Å². The second-order valence-electron chi connectivity index (χ2n) is 1.000. The zero-order chi connectivity index (χ0) is 14.8. The van der Waals surface area contributed by atoms with E-state index in [0.29, 0.717) is 0 Å². The van der Waals surface area contributed by atoms with E-state index in [9.17, 15) is 0 Å². The first-order valence-electron chi connectivity index (χ1n) is 3.31. The van der Waals surface area contributed by atoms with Crippen LogP contribution in [0.4, 0.5) is 0 Å². The minimum atomic E-state index is 0. The van der Waals surface area contributed by atoms with Crippen molar-refractivity contribution in [3.05, 3.63) is 49.2 Å². The summed E-state index contributed by atoms with van der Waals surface area (Å²) >= 11 is 0. The van der Waals surface area contributed by atoms with E-state index < -0.39 is 0 Å². The van der Waals surface area contributed by atoms with Crippen LogP contribution in [-0.4, -0.2) is 26.2 Å². The fourth-order valence-electron chi connectivity index (χ4n) is 0. The third-order valence-electron chi connectivity index (χ3n) is 0.250. The van der Waals surface area contributed by atoms with E-state index in [1.165, 1.54) is 0 Å². The Morgan fingerprint density at radius 2 is 0.526 bits per heavy atom. The largest absolute Gasteiger partial charge is 2.00 e. The van der Waals surface area contributed by atoms with E-state index in [-0.39, 0.29) is 87.4 Å². The van der Waals surface area contributed by atoms with Gasteiger partial charge < -0.3 is 70.3 Å². The van der Waals surface area contributed by atoms with Crippen molar-refractivity contribution in [2.45, 2.75) is 0 Å². The molecule has 8 nitrogen and oxygen atoms in total. The standard InChI is InChI=1S/2C2H6N2.4CN.2Au.Ni/c2*3-1-2-4;4*1-2;;;/h2*3-4H,1-2H2;;;;;;;/q2*-2;4*-1;2*+1;+2. The second kappa shape index (κ2) is 351. The van der Waals surface area contributed by atoms with Gasteiger partial charge in [-0.1, -0.05) is 0 Å². The monoisotopic (exact) mass is 672 g/mol. The molecule has 0 aromatic carbocycles. The molecule has 0 aromatic heterocycles. The average Bonchev–Trinajstić information content (AvgIpc) is 2.47. The molecule has 0 aliphatic rings. The Hall–Kier alpha value is -0.226. The van der Waals surface area contributed by atoms with Crippen LogP contribution < -0.4 is 0 Å². The maximum Gasteiger partial charge on any atom is 2.00 e. The first kappa shape index (κ1) is 62.1. The molecule has 0 aromatic rings. The molecule has 0 aliphatic carbocycles. The van der Waals surface area contributed by atoms with Crippen LogP contribution in [0.1, 0.15) is 0 Å². The smallest absolute Gasteiger partial charge is 0.679 e. The second-order valence-corrected chi connectivity index (χ2v) is 1.000. The molecule has 0 radical (unpaired) electrons. The number of nitrogens with one attached hydrogen (secondary N) is 4. The molecule has 11 heteroatoms. The van der Waals surface area contributed by atoms with Gasteiger partial charge in [-0.05, 0) is 0 Å². The molecule has 0 heterocycles. The van der Waals surface area contributed by atoms with Crippen molar-refractivity contribution in [2.75, 3.05) is 26.2 Å². The molecule has 0 fully saturated rings. The Morgan fingerprint density at radius 1 is 0.474 bits per heavy atom. The number of hydrogen-bond acceptors (Lipinski definition) is 4. The summed E-state index contributed by atoms with van der Waals surface area (Å²) in [5, 5.41) is 25.0. The van der Waals surface area contributed by atoms with Crippen LogP contribution in [0.2, 0.25) is 0 Å². The summed E-state index contributed by atoms with van der Waals surface area (Å²) in [6.45, 7) is 19.9. The molecular formula is C8H12Au2N8Ni-4. The predicted octanol–water partition coefficient (Wildman–Crippen LogP) is 2.56. The van der Waals surface area contributed by atoms with Crippen molar-refractivity contribution in [3.8, 4) is 0 Å². The van der Waals surface area contributed by atoms with Gasteiger partial charge >= 0.3 is 61.3 Å². The molecule has 4 N–H and O–H groups in total. The molecule has 0 bridgehead atoms. The van der Waals surface area contributed by atoms with Crippen molar-refractivity contribution in [1.82, 2.24) is 0 Å². The summed E-state index contributed by atoms with van der Waals surface area (Å²) in [5.41, 5.74) is 25.1. The molecule has 0 rings (SSSR count). The van der Waals surface area contributed by atoms with Crippen LogP contribution in [0, 0.1) is 47.3 Å². The topological polar surface area (TPSA) is 190 Å². The van der Waals surface area contributed by atoms with Gasteiger partial charge in [0.05, 0.1) is 0 Å². The average molecular weight is 673 g/mol. The number of nitrogens with zero attached hydrogens (tertiary/aromatic N) is 4. The van der Waals surface area contributed by atoms with Crippen molar-refractivity contribution in [2.24, 2.45) is 0 Å². The summed E-state index contributed by atoms with van der Waals surface area (Å²) in [7, 11) is 0. The molecular weight excluding hydrogens is 661 g/mol. The molecule has 0 amide bonds. The normalized spacial score (nSPS) is 3.58. The molecule has 19 heavy (non-hydrogen) atoms. The molecule has 0 unspecified atom stereocenters. The summed E-state index contributed by atoms with van der Waals surface area (Å²) in [6, 6.07) is 0. The van der Waals surface area contributed by atoms with Gasteiger partial charge in [-0.25, -0.2) is 0 Å². The van der Waals surface area contributed by atoms with E-state index in [4.69, 9.17) is 70.3 Å². The van der Waals surface area contributed by atoms with Crippen LogP contribution in [0.25, 0.3) is 22.9 Å². The Balaban J connectivity index is -0.00000000908. The summed E-state index contributed by atoms with van der Waals surface area (Å²) in [6.07, 6.45) is 0. The quantitative estimate of drug-likeness (QED) is 0.322. The Morgan fingerprint density at radius 3 is 0.526 bits per heavy atom. The number of hydrogen-bond donors (Lipinski definition) is 0. The number of rotatable bonds is 2. The van der Waals surface area contributed by atoms with Crippen molar-refractivity contribution in [3.63, 3.8) is 0 Å².